The fraction of sp³-hybridized carbons (Fsp3) is 0.0833. The standard InChI is InChI=1S/C12H12N2O/c1-9-7-14(8-13-9)10(2)11-5-3-4-6-12(11)15/h3-8,15H,2H2,1H3. The summed E-state index contributed by atoms with van der Waals surface area (Å²) in [5.74, 6) is 0.230. The summed E-state index contributed by atoms with van der Waals surface area (Å²) in [6.07, 6.45) is 3.55. The maximum atomic E-state index is 9.65. The summed E-state index contributed by atoms with van der Waals surface area (Å²) in [4.78, 5) is 4.11. The van der Waals surface area contributed by atoms with E-state index in [4.69, 9.17) is 0 Å². The SMILES string of the molecule is C=C(c1ccccc1O)n1cnc(C)c1. The molecule has 0 saturated carbocycles. The van der Waals surface area contributed by atoms with Crippen LogP contribution in [-0.4, -0.2) is 14.7 Å². The molecular weight excluding hydrogens is 188 g/mol. The predicted octanol–water partition coefficient (Wildman–Crippen LogP) is 2.42. The van der Waals surface area contributed by atoms with Crippen molar-refractivity contribution in [1.29, 1.82) is 0 Å². The Hall–Kier alpha value is -2.03. The van der Waals surface area contributed by atoms with Gasteiger partial charge in [0.25, 0.3) is 0 Å². The molecule has 0 amide bonds. The van der Waals surface area contributed by atoms with Gasteiger partial charge >= 0.3 is 0 Å². The molecule has 1 heterocycles. The van der Waals surface area contributed by atoms with Crippen molar-refractivity contribution in [3.63, 3.8) is 0 Å². The fourth-order valence-electron chi connectivity index (χ4n) is 1.43. The number of aryl methyl sites for hydroxylation is 1. The first-order chi connectivity index (χ1) is 7.18. The zero-order chi connectivity index (χ0) is 10.8. The summed E-state index contributed by atoms with van der Waals surface area (Å²) >= 11 is 0. The fourth-order valence-corrected chi connectivity index (χ4v) is 1.43. The van der Waals surface area contributed by atoms with Crippen molar-refractivity contribution in [2.24, 2.45) is 0 Å². The molecule has 76 valence electrons. The van der Waals surface area contributed by atoms with Gasteiger partial charge in [-0.2, -0.15) is 0 Å². The van der Waals surface area contributed by atoms with Crippen molar-refractivity contribution in [3.8, 4) is 5.75 Å². The highest BCUT2D eigenvalue weighted by molar-refractivity contribution is 5.68. The van der Waals surface area contributed by atoms with Crippen LogP contribution in [0.4, 0.5) is 0 Å². The lowest BCUT2D eigenvalue weighted by Crippen LogP contribution is -1.94. The van der Waals surface area contributed by atoms with E-state index in [0.29, 0.717) is 5.70 Å². The molecule has 0 spiro atoms. The Morgan fingerprint density at radius 2 is 2.13 bits per heavy atom. The zero-order valence-corrected chi connectivity index (χ0v) is 8.51. The smallest absolute Gasteiger partial charge is 0.124 e. The summed E-state index contributed by atoms with van der Waals surface area (Å²) in [6.45, 7) is 5.84. The van der Waals surface area contributed by atoms with Gasteiger partial charge in [0.05, 0.1) is 17.7 Å². The number of rotatable bonds is 2. The Bertz CT molecular complexity index is 500. The predicted molar refractivity (Wildman–Crippen MR) is 59.5 cm³/mol. The normalized spacial score (nSPS) is 10.2. The number of aromatic hydroxyl groups is 1. The summed E-state index contributed by atoms with van der Waals surface area (Å²) in [6, 6.07) is 7.12. The number of aromatic nitrogens is 2. The minimum Gasteiger partial charge on any atom is -0.507 e. The van der Waals surface area contributed by atoms with Crippen LogP contribution >= 0.6 is 0 Å². The number of hydrogen-bond acceptors (Lipinski definition) is 2. The first-order valence-electron chi connectivity index (χ1n) is 4.66. The van der Waals surface area contributed by atoms with Gasteiger partial charge in [-0.3, -0.25) is 0 Å². The molecule has 0 aliphatic rings. The molecule has 0 fully saturated rings. The van der Waals surface area contributed by atoms with E-state index >= 15 is 0 Å². The lowest BCUT2D eigenvalue weighted by Gasteiger charge is -2.08. The van der Waals surface area contributed by atoms with Gasteiger partial charge < -0.3 is 9.67 Å². The van der Waals surface area contributed by atoms with Crippen LogP contribution in [0.25, 0.3) is 5.70 Å². The van der Waals surface area contributed by atoms with Gasteiger partial charge in [0.15, 0.2) is 0 Å². The van der Waals surface area contributed by atoms with E-state index in [1.807, 2.05) is 25.3 Å². The summed E-state index contributed by atoms with van der Waals surface area (Å²) in [7, 11) is 0. The van der Waals surface area contributed by atoms with Crippen LogP contribution in [0.3, 0.4) is 0 Å². The van der Waals surface area contributed by atoms with Gasteiger partial charge in [0, 0.05) is 11.8 Å². The molecule has 2 rings (SSSR count). The Morgan fingerprint density at radius 3 is 2.73 bits per heavy atom. The van der Waals surface area contributed by atoms with Crippen LogP contribution in [0.5, 0.6) is 5.75 Å². The van der Waals surface area contributed by atoms with Crippen molar-refractivity contribution in [2.75, 3.05) is 0 Å². The maximum Gasteiger partial charge on any atom is 0.124 e. The monoisotopic (exact) mass is 200 g/mol. The molecule has 15 heavy (non-hydrogen) atoms. The molecule has 0 saturated heterocycles. The molecule has 1 aromatic carbocycles. The summed E-state index contributed by atoms with van der Waals surface area (Å²) < 4.78 is 1.80. The van der Waals surface area contributed by atoms with Gasteiger partial charge in [0.1, 0.15) is 5.75 Å². The second-order valence-electron chi connectivity index (χ2n) is 3.39. The van der Waals surface area contributed by atoms with E-state index in [2.05, 4.69) is 11.6 Å². The summed E-state index contributed by atoms with van der Waals surface area (Å²) in [5.41, 5.74) is 2.36. The van der Waals surface area contributed by atoms with Crippen LogP contribution in [-0.2, 0) is 0 Å². The lowest BCUT2D eigenvalue weighted by atomic mass is 10.1. The van der Waals surface area contributed by atoms with E-state index < -0.39 is 0 Å². The molecule has 2 aromatic rings. The molecule has 0 aliphatic carbocycles. The van der Waals surface area contributed by atoms with Crippen molar-refractivity contribution >= 4 is 5.70 Å². The highest BCUT2D eigenvalue weighted by atomic mass is 16.3. The average molecular weight is 200 g/mol. The van der Waals surface area contributed by atoms with Crippen LogP contribution in [0.1, 0.15) is 11.3 Å². The van der Waals surface area contributed by atoms with Gasteiger partial charge in [0.2, 0.25) is 0 Å². The van der Waals surface area contributed by atoms with Crippen LogP contribution in [0.15, 0.2) is 43.4 Å². The van der Waals surface area contributed by atoms with Gasteiger partial charge in [-0.1, -0.05) is 18.7 Å². The highest BCUT2D eigenvalue weighted by Gasteiger charge is 2.06. The molecule has 0 unspecified atom stereocenters. The lowest BCUT2D eigenvalue weighted by molar-refractivity contribution is 0.473. The third-order valence-electron chi connectivity index (χ3n) is 2.24. The second kappa shape index (κ2) is 3.61. The highest BCUT2D eigenvalue weighted by Crippen LogP contribution is 2.24. The molecule has 0 atom stereocenters. The van der Waals surface area contributed by atoms with Crippen LogP contribution in [0.2, 0.25) is 0 Å². The maximum absolute atomic E-state index is 9.65. The zero-order valence-electron chi connectivity index (χ0n) is 8.51. The Labute approximate surface area is 88.3 Å². The molecular formula is C12H12N2O. The van der Waals surface area contributed by atoms with E-state index in [-0.39, 0.29) is 5.75 Å². The van der Waals surface area contributed by atoms with E-state index in [0.717, 1.165) is 11.3 Å². The first-order valence-corrected chi connectivity index (χ1v) is 4.66. The Balaban J connectivity index is 2.41. The number of nitrogens with zero attached hydrogens (tertiary/aromatic N) is 2. The number of benzene rings is 1. The van der Waals surface area contributed by atoms with Crippen molar-refractivity contribution in [3.05, 3.63) is 54.6 Å². The Morgan fingerprint density at radius 1 is 1.40 bits per heavy atom. The van der Waals surface area contributed by atoms with Crippen LogP contribution in [0, 0.1) is 6.92 Å². The van der Waals surface area contributed by atoms with Crippen LogP contribution < -0.4 is 0 Å². The minimum absolute atomic E-state index is 0.230. The largest absolute Gasteiger partial charge is 0.507 e. The van der Waals surface area contributed by atoms with Crippen molar-refractivity contribution < 1.29 is 5.11 Å². The minimum atomic E-state index is 0.230. The molecule has 1 aromatic heterocycles. The topological polar surface area (TPSA) is 38.0 Å². The van der Waals surface area contributed by atoms with Gasteiger partial charge in [-0.25, -0.2) is 4.98 Å². The quantitative estimate of drug-likeness (QED) is 0.808. The van der Waals surface area contributed by atoms with Gasteiger partial charge in [-0.05, 0) is 19.1 Å². The second-order valence-corrected chi connectivity index (χ2v) is 3.39. The molecule has 0 radical (unpaired) electrons. The Kier molecular flexibility index (Phi) is 2.29. The molecule has 3 heteroatoms. The van der Waals surface area contributed by atoms with Crippen molar-refractivity contribution in [1.82, 2.24) is 9.55 Å². The first kappa shape index (κ1) is 9.52. The van der Waals surface area contributed by atoms with Gasteiger partial charge in [-0.15, -0.1) is 0 Å². The van der Waals surface area contributed by atoms with E-state index in [1.165, 1.54) is 0 Å². The summed E-state index contributed by atoms with van der Waals surface area (Å²) in [5, 5.41) is 9.65. The molecule has 0 aliphatic heterocycles. The molecule has 3 nitrogen and oxygen atoms in total. The average Bonchev–Trinajstić information content (AvgIpc) is 2.65. The number of imidazole rings is 1. The molecule has 1 N–H and O–H groups in total. The third-order valence-corrected chi connectivity index (χ3v) is 2.24. The van der Waals surface area contributed by atoms with Crippen molar-refractivity contribution in [2.45, 2.75) is 6.92 Å². The number of hydrogen-bond donors (Lipinski definition) is 1. The van der Waals surface area contributed by atoms with E-state index in [9.17, 15) is 5.11 Å². The molecule has 0 bridgehead atoms. The number of phenolic OH excluding ortho intramolecular Hbond substituents is 1. The number of phenols is 1. The number of para-hydroxylation sites is 1. The van der Waals surface area contributed by atoms with E-state index in [1.54, 1.807) is 23.0 Å². The third kappa shape index (κ3) is 1.76.